The van der Waals surface area contributed by atoms with E-state index in [1.54, 1.807) is 0 Å². The van der Waals surface area contributed by atoms with Crippen LogP contribution in [0.5, 0.6) is 0 Å². The summed E-state index contributed by atoms with van der Waals surface area (Å²) in [4.78, 5) is 0. The van der Waals surface area contributed by atoms with Crippen LogP contribution in [-0.2, 0) is 4.74 Å². The lowest BCUT2D eigenvalue weighted by Crippen LogP contribution is -2.49. The molecule has 0 spiro atoms. The van der Waals surface area contributed by atoms with Crippen molar-refractivity contribution in [1.82, 2.24) is 5.32 Å². The highest BCUT2D eigenvalue weighted by atomic mass is 16.5. The predicted molar refractivity (Wildman–Crippen MR) is 65.1 cm³/mol. The molecule has 0 aromatic rings. The number of hydrogen-bond acceptors (Lipinski definition) is 2. The Kier molecular flexibility index (Phi) is 4.60. The van der Waals surface area contributed by atoms with Gasteiger partial charge in [-0.05, 0) is 37.6 Å². The Hall–Kier alpha value is -0.0800. The van der Waals surface area contributed by atoms with Crippen LogP contribution in [0.4, 0.5) is 0 Å². The van der Waals surface area contributed by atoms with Crippen LogP contribution in [0.15, 0.2) is 0 Å². The fourth-order valence-electron chi connectivity index (χ4n) is 2.28. The molecule has 1 fully saturated rings. The Balaban J connectivity index is 2.65. The molecule has 0 aromatic heterocycles. The molecule has 2 unspecified atom stereocenters. The third-order valence-electron chi connectivity index (χ3n) is 3.10. The average Bonchev–Trinajstić information content (AvgIpc) is 2.92. The predicted octanol–water partition coefficient (Wildman–Crippen LogP) is 2.83. The van der Waals surface area contributed by atoms with E-state index in [1.165, 1.54) is 12.8 Å². The van der Waals surface area contributed by atoms with Gasteiger partial charge in [-0.15, -0.1) is 0 Å². The van der Waals surface area contributed by atoms with E-state index in [-0.39, 0.29) is 5.41 Å². The van der Waals surface area contributed by atoms with Crippen molar-refractivity contribution in [3.05, 3.63) is 0 Å². The van der Waals surface area contributed by atoms with Gasteiger partial charge in [0, 0.05) is 12.6 Å². The molecule has 0 heterocycles. The molecular weight excluding hydrogens is 186 g/mol. The molecule has 1 N–H and O–H groups in total. The Morgan fingerprint density at radius 1 is 1.27 bits per heavy atom. The highest BCUT2D eigenvalue weighted by Crippen LogP contribution is 2.39. The summed E-state index contributed by atoms with van der Waals surface area (Å²) >= 11 is 0. The molecule has 1 aliphatic carbocycles. The van der Waals surface area contributed by atoms with Crippen molar-refractivity contribution in [2.24, 2.45) is 11.3 Å². The molecule has 0 aliphatic heterocycles. The second-order valence-corrected chi connectivity index (χ2v) is 5.66. The van der Waals surface area contributed by atoms with Crippen molar-refractivity contribution in [1.29, 1.82) is 0 Å². The van der Waals surface area contributed by atoms with Crippen molar-refractivity contribution in [2.75, 3.05) is 13.2 Å². The van der Waals surface area contributed by atoms with Gasteiger partial charge in [0.25, 0.3) is 0 Å². The monoisotopic (exact) mass is 213 g/mol. The minimum Gasteiger partial charge on any atom is -0.376 e. The van der Waals surface area contributed by atoms with E-state index >= 15 is 0 Å². The molecule has 2 atom stereocenters. The van der Waals surface area contributed by atoms with E-state index < -0.39 is 0 Å². The zero-order chi connectivity index (χ0) is 11.5. The number of rotatable bonds is 6. The first-order valence-electron chi connectivity index (χ1n) is 6.35. The molecular formula is C13H27NO. The molecule has 1 rings (SSSR count). The van der Waals surface area contributed by atoms with E-state index in [0.29, 0.717) is 12.1 Å². The van der Waals surface area contributed by atoms with Crippen LogP contribution >= 0.6 is 0 Å². The summed E-state index contributed by atoms with van der Waals surface area (Å²) in [6, 6.07) is 0.551. The molecule has 1 saturated carbocycles. The molecule has 2 nitrogen and oxygen atoms in total. The van der Waals surface area contributed by atoms with Gasteiger partial charge in [0.2, 0.25) is 0 Å². The molecule has 90 valence electrons. The number of ether oxygens (including phenoxy) is 1. The summed E-state index contributed by atoms with van der Waals surface area (Å²) in [5.41, 5.74) is 0.228. The number of hydrogen-bond donors (Lipinski definition) is 1. The van der Waals surface area contributed by atoms with Crippen LogP contribution < -0.4 is 5.32 Å². The molecule has 0 aromatic carbocycles. The van der Waals surface area contributed by atoms with Gasteiger partial charge in [-0.3, -0.25) is 0 Å². The highest BCUT2D eigenvalue weighted by molar-refractivity contribution is 4.95. The maximum absolute atomic E-state index is 5.96. The normalized spacial score (nSPS) is 21.4. The first kappa shape index (κ1) is 13.0. The van der Waals surface area contributed by atoms with Gasteiger partial charge >= 0.3 is 0 Å². The van der Waals surface area contributed by atoms with Gasteiger partial charge in [0.15, 0.2) is 0 Å². The van der Waals surface area contributed by atoms with Gasteiger partial charge in [0.1, 0.15) is 0 Å². The Morgan fingerprint density at radius 3 is 2.20 bits per heavy atom. The van der Waals surface area contributed by atoms with E-state index in [9.17, 15) is 0 Å². The largest absolute Gasteiger partial charge is 0.376 e. The van der Waals surface area contributed by atoms with Crippen LogP contribution in [-0.4, -0.2) is 25.3 Å². The van der Waals surface area contributed by atoms with Gasteiger partial charge in [-0.2, -0.15) is 0 Å². The van der Waals surface area contributed by atoms with Crippen LogP contribution in [0.3, 0.4) is 0 Å². The minimum atomic E-state index is 0.228. The summed E-state index contributed by atoms with van der Waals surface area (Å²) < 4.78 is 5.96. The van der Waals surface area contributed by atoms with E-state index in [4.69, 9.17) is 4.74 Å². The van der Waals surface area contributed by atoms with Crippen LogP contribution in [0, 0.1) is 11.3 Å². The van der Waals surface area contributed by atoms with Gasteiger partial charge < -0.3 is 10.1 Å². The standard InChI is InChI=1S/C13H27NO/c1-6-14-11(10-8-9-10)12(15-7-2)13(3,4)5/h10-12,14H,6-9H2,1-5H3. The molecule has 0 bridgehead atoms. The Morgan fingerprint density at radius 2 is 1.87 bits per heavy atom. The molecule has 0 amide bonds. The fourth-order valence-corrected chi connectivity index (χ4v) is 2.28. The number of likely N-dealkylation sites (N-methyl/N-ethyl adjacent to an activating group) is 1. The lowest BCUT2D eigenvalue weighted by molar-refractivity contribution is -0.0401. The smallest absolute Gasteiger partial charge is 0.0778 e. The van der Waals surface area contributed by atoms with Crippen molar-refractivity contribution in [2.45, 2.75) is 59.6 Å². The molecule has 1 aliphatic rings. The first-order valence-corrected chi connectivity index (χ1v) is 6.35. The molecule has 0 saturated heterocycles. The SMILES string of the molecule is CCNC(C1CC1)C(OCC)C(C)(C)C. The summed E-state index contributed by atoms with van der Waals surface area (Å²) in [6.07, 6.45) is 3.09. The van der Waals surface area contributed by atoms with Gasteiger partial charge in [-0.1, -0.05) is 27.7 Å². The van der Waals surface area contributed by atoms with E-state index in [2.05, 4.69) is 39.9 Å². The summed E-state index contributed by atoms with van der Waals surface area (Å²) in [7, 11) is 0. The maximum atomic E-state index is 5.96. The van der Waals surface area contributed by atoms with Crippen molar-refractivity contribution >= 4 is 0 Å². The zero-order valence-electron chi connectivity index (χ0n) is 11.0. The second kappa shape index (κ2) is 5.31. The summed E-state index contributed by atoms with van der Waals surface area (Å²) in [5, 5.41) is 3.61. The van der Waals surface area contributed by atoms with Crippen molar-refractivity contribution < 1.29 is 4.74 Å². The topological polar surface area (TPSA) is 21.3 Å². The fraction of sp³-hybridized carbons (Fsp3) is 1.00. The summed E-state index contributed by atoms with van der Waals surface area (Å²) in [6.45, 7) is 13.0. The zero-order valence-corrected chi connectivity index (χ0v) is 11.0. The second-order valence-electron chi connectivity index (χ2n) is 5.66. The molecule has 2 heteroatoms. The highest BCUT2D eigenvalue weighted by Gasteiger charge is 2.41. The van der Waals surface area contributed by atoms with E-state index in [0.717, 1.165) is 19.1 Å². The van der Waals surface area contributed by atoms with Gasteiger partial charge in [0.05, 0.1) is 6.10 Å². The molecule has 0 radical (unpaired) electrons. The molecule has 15 heavy (non-hydrogen) atoms. The van der Waals surface area contributed by atoms with Crippen molar-refractivity contribution in [3.63, 3.8) is 0 Å². The third kappa shape index (κ3) is 3.76. The first-order chi connectivity index (χ1) is 7.00. The Labute approximate surface area is 94.8 Å². The quantitative estimate of drug-likeness (QED) is 0.732. The third-order valence-corrected chi connectivity index (χ3v) is 3.10. The average molecular weight is 213 g/mol. The van der Waals surface area contributed by atoms with Crippen LogP contribution in [0.1, 0.15) is 47.5 Å². The van der Waals surface area contributed by atoms with Crippen LogP contribution in [0.2, 0.25) is 0 Å². The Bertz CT molecular complexity index is 181. The maximum Gasteiger partial charge on any atom is 0.0778 e. The van der Waals surface area contributed by atoms with Crippen molar-refractivity contribution in [3.8, 4) is 0 Å². The summed E-state index contributed by atoms with van der Waals surface area (Å²) in [5.74, 6) is 0.848. The lowest BCUT2D eigenvalue weighted by atomic mass is 9.82. The minimum absolute atomic E-state index is 0.228. The van der Waals surface area contributed by atoms with Gasteiger partial charge in [-0.25, -0.2) is 0 Å². The lowest BCUT2D eigenvalue weighted by Gasteiger charge is -2.37. The number of nitrogens with one attached hydrogen (secondary N) is 1. The van der Waals surface area contributed by atoms with Crippen LogP contribution in [0.25, 0.3) is 0 Å². The van der Waals surface area contributed by atoms with E-state index in [1.807, 2.05) is 0 Å².